The van der Waals surface area contributed by atoms with Crippen molar-refractivity contribution < 1.29 is 0 Å². The molecule has 0 atom stereocenters. The summed E-state index contributed by atoms with van der Waals surface area (Å²) in [4.78, 5) is 0. The van der Waals surface area contributed by atoms with Crippen LogP contribution < -0.4 is 0 Å². The zero-order valence-corrected chi connectivity index (χ0v) is 18.2. The minimum atomic E-state index is 0.727. The van der Waals surface area contributed by atoms with Gasteiger partial charge in [0.25, 0.3) is 0 Å². The Balaban J connectivity index is 1.90. The van der Waals surface area contributed by atoms with Crippen molar-refractivity contribution >= 4 is 0 Å². The van der Waals surface area contributed by atoms with Gasteiger partial charge < -0.3 is 0 Å². The summed E-state index contributed by atoms with van der Waals surface area (Å²) < 4.78 is 0. The SMILES string of the molecule is CCCCCCCCCCC1C=CC(CCCCCCCCCC)C=C1. The average molecular weight is 361 g/mol. The van der Waals surface area contributed by atoms with E-state index in [9.17, 15) is 0 Å². The molecule has 0 saturated carbocycles. The van der Waals surface area contributed by atoms with E-state index in [2.05, 4.69) is 38.2 Å². The van der Waals surface area contributed by atoms with Gasteiger partial charge in [-0.15, -0.1) is 0 Å². The predicted octanol–water partition coefficient (Wildman–Crippen LogP) is 9.41. The molecule has 0 aromatic heterocycles. The number of allylic oxidation sites excluding steroid dienone is 4. The van der Waals surface area contributed by atoms with Gasteiger partial charge in [-0.1, -0.05) is 141 Å². The average Bonchev–Trinajstić information content (AvgIpc) is 2.67. The third-order valence-electron chi connectivity index (χ3n) is 5.99. The van der Waals surface area contributed by atoms with Gasteiger partial charge in [0.2, 0.25) is 0 Å². The Kier molecular flexibility index (Phi) is 16.2. The van der Waals surface area contributed by atoms with E-state index in [0.29, 0.717) is 0 Å². The second-order valence-corrected chi connectivity index (χ2v) is 8.62. The van der Waals surface area contributed by atoms with Crippen LogP contribution in [0.4, 0.5) is 0 Å². The van der Waals surface area contributed by atoms with Crippen LogP contribution in [0.15, 0.2) is 24.3 Å². The monoisotopic (exact) mass is 360 g/mol. The Bertz CT molecular complexity index is 292. The topological polar surface area (TPSA) is 0 Å². The van der Waals surface area contributed by atoms with Crippen molar-refractivity contribution in [2.75, 3.05) is 0 Å². The predicted molar refractivity (Wildman–Crippen MR) is 120 cm³/mol. The van der Waals surface area contributed by atoms with Gasteiger partial charge in [0.15, 0.2) is 0 Å². The summed E-state index contributed by atoms with van der Waals surface area (Å²) >= 11 is 0. The molecule has 0 aromatic rings. The second kappa shape index (κ2) is 17.9. The molecule has 0 N–H and O–H groups in total. The summed E-state index contributed by atoms with van der Waals surface area (Å²) in [7, 11) is 0. The van der Waals surface area contributed by atoms with Gasteiger partial charge in [0.1, 0.15) is 0 Å². The fourth-order valence-electron chi connectivity index (χ4n) is 4.11. The lowest BCUT2D eigenvalue weighted by Gasteiger charge is -2.17. The zero-order valence-electron chi connectivity index (χ0n) is 18.2. The van der Waals surface area contributed by atoms with Crippen LogP contribution in [0, 0.1) is 11.8 Å². The molecule has 0 saturated heterocycles. The van der Waals surface area contributed by atoms with Gasteiger partial charge in [-0.3, -0.25) is 0 Å². The fourth-order valence-corrected chi connectivity index (χ4v) is 4.11. The largest absolute Gasteiger partial charge is 0.0810 e. The molecule has 152 valence electrons. The Labute approximate surface area is 165 Å². The molecule has 0 unspecified atom stereocenters. The van der Waals surface area contributed by atoms with Gasteiger partial charge in [0, 0.05) is 0 Å². The van der Waals surface area contributed by atoms with Gasteiger partial charge in [0.05, 0.1) is 0 Å². The molecule has 0 heterocycles. The molecule has 0 nitrogen and oxygen atoms in total. The van der Waals surface area contributed by atoms with Crippen molar-refractivity contribution in [2.45, 2.75) is 129 Å². The first-order valence-corrected chi connectivity index (χ1v) is 12.2. The summed E-state index contributed by atoms with van der Waals surface area (Å²) in [6, 6.07) is 0. The lowest BCUT2D eigenvalue weighted by molar-refractivity contribution is 0.531. The minimum Gasteiger partial charge on any atom is -0.0810 e. The molecule has 1 rings (SSSR count). The van der Waals surface area contributed by atoms with Gasteiger partial charge >= 0.3 is 0 Å². The molecule has 0 aliphatic heterocycles. The molecule has 26 heavy (non-hydrogen) atoms. The Morgan fingerprint density at radius 3 is 0.962 bits per heavy atom. The van der Waals surface area contributed by atoms with Crippen molar-refractivity contribution in [3.05, 3.63) is 24.3 Å². The first kappa shape index (κ1) is 23.5. The van der Waals surface area contributed by atoms with Crippen molar-refractivity contribution in [1.82, 2.24) is 0 Å². The van der Waals surface area contributed by atoms with E-state index in [0.717, 1.165) is 11.8 Å². The first-order chi connectivity index (χ1) is 12.9. The van der Waals surface area contributed by atoms with Gasteiger partial charge in [-0.2, -0.15) is 0 Å². The normalized spacial score (nSPS) is 19.3. The van der Waals surface area contributed by atoms with E-state index in [1.807, 2.05) is 0 Å². The summed E-state index contributed by atoms with van der Waals surface area (Å²) in [5, 5.41) is 0. The molecule has 0 fully saturated rings. The third-order valence-corrected chi connectivity index (χ3v) is 5.99. The maximum atomic E-state index is 2.50. The van der Waals surface area contributed by atoms with Gasteiger partial charge in [-0.25, -0.2) is 0 Å². The summed E-state index contributed by atoms with van der Waals surface area (Å²) in [5.41, 5.74) is 0. The number of hydrogen-bond acceptors (Lipinski definition) is 0. The van der Waals surface area contributed by atoms with Crippen LogP contribution in [0.3, 0.4) is 0 Å². The molecule has 0 amide bonds. The lowest BCUT2D eigenvalue weighted by Crippen LogP contribution is -2.02. The number of rotatable bonds is 18. The molecular formula is C26H48. The summed E-state index contributed by atoms with van der Waals surface area (Å²) in [6.07, 6.45) is 35.6. The molecule has 0 heteroatoms. The maximum Gasteiger partial charge on any atom is -0.00531 e. The van der Waals surface area contributed by atoms with Crippen LogP contribution >= 0.6 is 0 Å². The highest BCUT2D eigenvalue weighted by Gasteiger charge is 2.09. The molecule has 0 spiro atoms. The van der Waals surface area contributed by atoms with Crippen LogP contribution in [0.5, 0.6) is 0 Å². The van der Waals surface area contributed by atoms with Crippen LogP contribution in [-0.2, 0) is 0 Å². The third kappa shape index (κ3) is 13.7. The van der Waals surface area contributed by atoms with Crippen molar-refractivity contribution in [1.29, 1.82) is 0 Å². The number of unbranched alkanes of at least 4 members (excludes halogenated alkanes) is 14. The molecule has 0 aromatic carbocycles. The van der Waals surface area contributed by atoms with Crippen LogP contribution in [0.1, 0.15) is 129 Å². The Hall–Kier alpha value is -0.520. The van der Waals surface area contributed by atoms with E-state index in [1.54, 1.807) is 0 Å². The molecule has 1 aliphatic carbocycles. The summed E-state index contributed by atoms with van der Waals surface area (Å²) in [5.74, 6) is 1.45. The second-order valence-electron chi connectivity index (χ2n) is 8.62. The molecular weight excluding hydrogens is 312 g/mol. The highest BCUT2D eigenvalue weighted by Crippen LogP contribution is 2.24. The van der Waals surface area contributed by atoms with Crippen LogP contribution in [0.2, 0.25) is 0 Å². The lowest BCUT2D eigenvalue weighted by atomic mass is 9.89. The first-order valence-electron chi connectivity index (χ1n) is 12.2. The van der Waals surface area contributed by atoms with E-state index in [-0.39, 0.29) is 0 Å². The van der Waals surface area contributed by atoms with Crippen LogP contribution in [-0.4, -0.2) is 0 Å². The van der Waals surface area contributed by atoms with Crippen molar-refractivity contribution in [2.24, 2.45) is 11.8 Å². The van der Waals surface area contributed by atoms with E-state index < -0.39 is 0 Å². The van der Waals surface area contributed by atoms with Crippen molar-refractivity contribution in [3.8, 4) is 0 Å². The maximum absolute atomic E-state index is 2.50. The van der Waals surface area contributed by atoms with E-state index >= 15 is 0 Å². The summed E-state index contributed by atoms with van der Waals surface area (Å²) in [6.45, 7) is 4.59. The quantitative estimate of drug-likeness (QED) is 0.169. The minimum absolute atomic E-state index is 0.727. The highest BCUT2D eigenvalue weighted by atomic mass is 14.1. The van der Waals surface area contributed by atoms with Crippen molar-refractivity contribution in [3.63, 3.8) is 0 Å². The fraction of sp³-hybridized carbons (Fsp3) is 0.846. The smallest absolute Gasteiger partial charge is 0.00531 e. The Morgan fingerprint density at radius 2 is 0.654 bits per heavy atom. The van der Waals surface area contributed by atoms with Gasteiger partial charge in [-0.05, 0) is 24.7 Å². The zero-order chi connectivity index (χ0) is 18.7. The standard InChI is InChI=1S/C26H48/c1-3-5-7-9-11-13-15-17-19-25-21-23-26(24-22-25)20-18-16-14-12-10-8-6-4-2/h21-26H,3-20H2,1-2H3. The Morgan fingerprint density at radius 1 is 0.385 bits per heavy atom. The molecule has 0 bridgehead atoms. The highest BCUT2D eigenvalue weighted by molar-refractivity contribution is 5.13. The van der Waals surface area contributed by atoms with Crippen LogP contribution in [0.25, 0.3) is 0 Å². The molecule has 1 aliphatic rings. The molecule has 0 radical (unpaired) electrons. The van der Waals surface area contributed by atoms with E-state index in [4.69, 9.17) is 0 Å². The van der Waals surface area contributed by atoms with E-state index in [1.165, 1.54) is 116 Å². The number of hydrogen-bond donors (Lipinski definition) is 0.